The Bertz CT molecular complexity index is 709. The maximum absolute atomic E-state index is 12.7. The van der Waals surface area contributed by atoms with E-state index in [9.17, 15) is 4.79 Å². The van der Waals surface area contributed by atoms with Gasteiger partial charge in [0.1, 0.15) is 0 Å². The highest BCUT2D eigenvalue weighted by Crippen LogP contribution is 2.15. The summed E-state index contributed by atoms with van der Waals surface area (Å²) in [6, 6.07) is 10.3. The molecule has 0 saturated carbocycles. The second-order valence-electron chi connectivity index (χ2n) is 6.81. The maximum Gasteiger partial charge on any atom is 0.253 e. The van der Waals surface area contributed by atoms with Gasteiger partial charge in [0.25, 0.3) is 5.91 Å². The number of carbonyl (C=O) groups excluding carboxylic acids is 1. The summed E-state index contributed by atoms with van der Waals surface area (Å²) >= 11 is 0. The largest absolute Gasteiger partial charge is 0.336 e. The normalized spacial score (nSPS) is 16.0. The predicted octanol–water partition coefficient (Wildman–Crippen LogP) is 2.66. The number of benzene rings is 1. The number of hydrogen-bond acceptors (Lipinski definition) is 3. The van der Waals surface area contributed by atoms with E-state index >= 15 is 0 Å². The zero-order valence-corrected chi connectivity index (χ0v) is 15.0. The minimum Gasteiger partial charge on any atom is -0.336 e. The first-order valence-corrected chi connectivity index (χ1v) is 8.63. The quantitative estimate of drug-likeness (QED) is 0.871. The Balaban J connectivity index is 1.70. The Morgan fingerprint density at radius 1 is 1.04 bits per heavy atom. The van der Waals surface area contributed by atoms with Crippen LogP contribution in [0.4, 0.5) is 0 Å². The van der Waals surface area contributed by atoms with Gasteiger partial charge >= 0.3 is 0 Å². The van der Waals surface area contributed by atoms with Crippen LogP contribution >= 0.6 is 0 Å². The summed E-state index contributed by atoms with van der Waals surface area (Å²) in [5.41, 5.74) is 3.83. The maximum atomic E-state index is 12.7. The number of nitrogens with zero attached hydrogens (tertiary/aromatic N) is 4. The molecule has 0 N–H and O–H groups in total. The molecule has 1 aromatic carbocycles. The molecular formula is C19H26N4O. The molecule has 0 bridgehead atoms. The van der Waals surface area contributed by atoms with Gasteiger partial charge < -0.3 is 4.90 Å². The monoisotopic (exact) mass is 326 g/mol. The summed E-state index contributed by atoms with van der Waals surface area (Å²) in [4.78, 5) is 17.0. The third-order valence-corrected chi connectivity index (χ3v) is 4.70. The molecule has 24 heavy (non-hydrogen) atoms. The fourth-order valence-electron chi connectivity index (χ4n) is 3.26. The van der Waals surface area contributed by atoms with Crippen molar-refractivity contribution in [3.63, 3.8) is 0 Å². The summed E-state index contributed by atoms with van der Waals surface area (Å²) in [5, 5.41) is 4.49. The van der Waals surface area contributed by atoms with E-state index in [2.05, 4.69) is 23.8 Å². The number of piperazine rings is 1. The van der Waals surface area contributed by atoms with Crippen LogP contribution in [0.25, 0.3) is 5.69 Å². The summed E-state index contributed by atoms with van der Waals surface area (Å²) in [6.45, 7) is 11.9. The van der Waals surface area contributed by atoms with Crippen LogP contribution in [0.3, 0.4) is 0 Å². The molecule has 1 aromatic heterocycles. The van der Waals surface area contributed by atoms with Crippen molar-refractivity contribution in [2.24, 2.45) is 0 Å². The van der Waals surface area contributed by atoms with Gasteiger partial charge in [0, 0.05) is 43.5 Å². The SMILES string of the molecule is Cc1cc(C)n(-c2ccc(C(=O)N3CCN(C(C)C)CC3)cc2)n1. The minimum absolute atomic E-state index is 0.123. The molecule has 1 aliphatic rings. The van der Waals surface area contributed by atoms with Gasteiger partial charge in [-0.25, -0.2) is 4.68 Å². The van der Waals surface area contributed by atoms with Crippen molar-refractivity contribution in [1.82, 2.24) is 19.6 Å². The minimum atomic E-state index is 0.123. The van der Waals surface area contributed by atoms with Crippen molar-refractivity contribution in [2.75, 3.05) is 26.2 Å². The van der Waals surface area contributed by atoms with Crippen LogP contribution < -0.4 is 0 Å². The highest BCUT2D eigenvalue weighted by molar-refractivity contribution is 5.94. The smallest absolute Gasteiger partial charge is 0.253 e. The first-order valence-electron chi connectivity index (χ1n) is 8.63. The lowest BCUT2D eigenvalue weighted by atomic mass is 10.1. The molecule has 1 aliphatic heterocycles. The van der Waals surface area contributed by atoms with E-state index in [1.165, 1.54) is 0 Å². The number of aromatic nitrogens is 2. The van der Waals surface area contributed by atoms with Gasteiger partial charge in [0.15, 0.2) is 0 Å². The van der Waals surface area contributed by atoms with Crippen LogP contribution in [0.1, 0.15) is 35.6 Å². The Morgan fingerprint density at radius 3 is 2.17 bits per heavy atom. The molecule has 1 saturated heterocycles. The molecule has 1 fully saturated rings. The standard InChI is InChI=1S/C19H26N4O/c1-14(2)21-9-11-22(12-10-21)19(24)17-5-7-18(8-6-17)23-16(4)13-15(3)20-23/h5-8,13-14H,9-12H2,1-4H3. The van der Waals surface area contributed by atoms with E-state index in [-0.39, 0.29) is 5.91 Å². The third-order valence-electron chi connectivity index (χ3n) is 4.70. The van der Waals surface area contributed by atoms with Gasteiger partial charge in [0.05, 0.1) is 11.4 Å². The van der Waals surface area contributed by atoms with Gasteiger partial charge in [-0.2, -0.15) is 5.10 Å². The molecule has 0 radical (unpaired) electrons. The van der Waals surface area contributed by atoms with E-state index in [0.29, 0.717) is 6.04 Å². The first-order chi connectivity index (χ1) is 11.5. The lowest BCUT2D eigenvalue weighted by molar-refractivity contribution is 0.0595. The lowest BCUT2D eigenvalue weighted by Gasteiger charge is -2.37. The van der Waals surface area contributed by atoms with E-state index in [1.54, 1.807) is 0 Å². The van der Waals surface area contributed by atoms with E-state index in [4.69, 9.17) is 0 Å². The summed E-state index contributed by atoms with van der Waals surface area (Å²) in [6.07, 6.45) is 0. The van der Waals surface area contributed by atoms with Gasteiger partial charge in [0.2, 0.25) is 0 Å². The van der Waals surface area contributed by atoms with Crippen molar-refractivity contribution in [2.45, 2.75) is 33.7 Å². The van der Waals surface area contributed by atoms with Gasteiger partial charge in [-0.3, -0.25) is 9.69 Å². The second kappa shape index (κ2) is 6.77. The highest BCUT2D eigenvalue weighted by Gasteiger charge is 2.23. The van der Waals surface area contributed by atoms with Gasteiger partial charge in [-0.1, -0.05) is 0 Å². The zero-order chi connectivity index (χ0) is 17.3. The highest BCUT2D eigenvalue weighted by atomic mass is 16.2. The molecule has 3 rings (SSSR count). The number of rotatable bonds is 3. The Kier molecular flexibility index (Phi) is 4.71. The molecule has 0 atom stereocenters. The molecule has 0 aliphatic carbocycles. The molecule has 128 valence electrons. The Hall–Kier alpha value is -2.14. The predicted molar refractivity (Wildman–Crippen MR) is 95.7 cm³/mol. The van der Waals surface area contributed by atoms with Crippen molar-refractivity contribution in [1.29, 1.82) is 0 Å². The van der Waals surface area contributed by atoms with Crippen LogP contribution in [-0.4, -0.2) is 57.7 Å². The van der Waals surface area contributed by atoms with Crippen LogP contribution in [0.15, 0.2) is 30.3 Å². The fraction of sp³-hybridized carbons (Fsp3) is 0.474. The topological polar surface area (TPSA) is 41.4 Å². The third kappa shape index (κ3) is 3.36. The first kappa shape index (κ1) is 16.7. The van der Waals surface area contributed by atoms with Gasteiger partial charge in [-0.05, 0) is 58.0 Å². The summed E-state index contributed by atoms with van der Waals surface area (Å²) in [7, 11) is 0. The molecular weight excluding hydrogens is 300 g/mol. The average molecular weight is 326 g/mol. The molecule has 1 amide bonds. The molecule has 2 heterocycles. The van der Waals surface area contributed by atoms with Crippen molar-refractivity contribution < 1.29 is 4.79 Å². The number of carbonyl (C=O) groups is 1. The summed E-state index contributed by atoms with van der Waals surface area (Å²) < 4.78 is 1.91. The molecule has 5 nitrogen and oxygen atoms in total. The molecule has 2 aromatic rings. The van der Waals surface area contributed by atoms with Crippen molar-refractivity contribution in [3.05, 3.63) is 47.3 Å². The van der Waals surface area contributed by atoms with Crippen LogP contribution in [-0.2, 0) is 0 Å². The number of hydrogen-bond donors (Lipinski definition) is 0. The van der Waals surface area contributed by atoms with E-state index < -0.39 is 0 Å². The van der Waals surface area contributed by atoms with E-state index in [1.807, 2.05) is 53.8 Å². The molecule has 0 unspecified atom stereocenters. The lowest BCUT2D eigenvalue weighted by Crippen LogP contribution is -2.50. The average Bonchev–Trinajstić information content (AvgIpc) is 2.93. The number of aryl methyl sites for hydroxylation is 2. The van der Waals surface area contributed by atoms with Crippen LogP contribution in [0.5, 0.6) is 0 Å². The number of amides is 1. The zero-order valence-electron chi connectivity index (χ0n) is 15.0. The Labute approximate surface area is 143 Å². The van der Waals surface area contributed by atoms with E-state index in [0.717, 1.165) is 48.8 Å². The van der Waals surface area contributed by atoms with Crippen LogP contribution in [0.2, 0.25) is 0 Å². The molecule has 0 spiro atoms. The van der Waals surface area contributed by atoms with Crippen molar-refractivity contribution in [3.8, 4) is 5.69 Å². The summed E-state index contributed by atoms with van der Waals surface area (Å²) in [5.74, 6) is 0.123. The van der Waals surface area contributed by atoms with Crippen molar-refractivity contribution >= 4 is 5.91 Å². The second-order valence-corrected chi connectivity index (χ2v) is 6.81. The fourth-order valence-corrected chi connectivity index (χ4v) is 3.26. The van der Waals surface area contributed by atoms with Crippen LogP contribution in [0, 0.1) is 13.8 Å². The van der Waals surface area contributed by atoms with Gasteiger partial charge in [-0.15, -0.1) is 0 Å². The molecule has 5 heteroatoms. The Morgan fingerprint density at radius 2 is 1.67 bits per heavy atom.